The molecule has 1 heterocycles. The van der Waals surface area contributed by atoms with E-state index in [0.717, 1.165) is 36.4 Å². The highest BCUT2D eigenvalue weighted by Crippen LogP contribution is 2.42. The summed E-state index contributed by atoms with van der Waals surface area (Å²) in [6, 6.07) is 6.71. The second-order valence-electron chi connectivity index (χ2n) is 5.94. The lowest BCUT2D eigenvalue weighted by Gasteiger charge is -2.19. The molecule has 3 N–H and O–H groups in total. The molecular formula is C16H18N2O. The predicted octanol–water partition coefficient (Wildman–Crippen LogP) is 2.95. The van der Waals surface area contributed by atoms with Crippen LogP contribution in [0.25, 0.3) is 10.9 Å². The Balaban J connectivity index is 1.89. The van der Waals surface area contributed by atoms with Gasteiger partial charge in [-0.2, -0.15) is 0 Å². The van der Waals surface area contributed by atoms with Gasteiger partial charge < -0.3 is 10.7 Å². The van der Waals surface area contributed by atoms with Crippen molar-refractivity contribution in [2.45, 2.75) is 43.9 Å². The van der Waals surface area contributed by atoms with Crippen LogP contribution in [0, 0.1) is 0 Å². The van der Waals surface area contributed by atoms with Crippen LogP contribution < -0.4 is 5.73 Å². The molecule has 2 aliphatic carbocycles. The number of nitrogens with one attached hydrogen (secondary N) is 1. The number of aromatic nitrogens is 1. The fourth-order valence-electron chi connectivity index (χ4n) is 3.44. The van der Waals surface area contributed by atoms with Crippen LogP contribution >= 0.6 is 0 Å². The van der Waals surface area contributed by atoms with Crippen LogP contribution in [-0.2, 0) is 11.2 Å². The molecule has 1 aromatic heterocycles. The number of aromatic amines is 1. The number of primary amides is 1. The molecule has 3 nitrogen and oxygen atoms in total. The molecule has 0 saturated heterocycles. The second-order valence-corrected chi connectivity index (χ2v) is 5.94. The molecule has 1 atom stereocenters. The van der Waals surface area contributed by atoms with Crippen molar-refractivity contribution in [2.24, 2.45) is 5.73 Å². The van der Waals surface area contributed by atoms with Gasteiger partial charge in [-0.25, -0.2) is 0 Å². The number of aryl methyl sites for hydroxylation is 1. The lowest BCUT2D eigenvalue weighted by atomic mass is 9.86. The molecule has 0 radical (unpaired) electrons. The van der Waals surface area contributed by atoms with Gasteiger partial charge in [0, 0.05) is 16.6 Å². The van der Waals surface area contributed by atoms with E-state index in [1.807, 2.05) is 0 Å². The molecule has 0 bridgehead atoms. The normalized spacial score (nSPS) is 22.4. The van der Waals surface area contributed by atoms with Gasteiger partial charge in [0.1, 0.15) is 0 Å². The highest BCUT2D eigenvalue weighted by Gasteiger charge is 2.29. The number of benzene rings is 1. The van der Waals surface area contributed by atoms with Gasteiger partial charge in [0.2, 0.25) is 5.91 Å². The summed E-state index contributed by atoms with van der Waals surface area (Å²) in [5.41, 5.74) is 10.5. The van der Waals surface area contributed by atoms with Gasteiger partial charge in [-0.05, 0) is 61.3 Å². The SMILES string of the molecule is NC(=O)[C@@H]1CCCc2c1[nH]c1ccc(C3CC3)cc21. The zero-order valence-electron chi connectivity index (χ0n) is 10.9. The molecule has 3 heteroatoms. The average molecular weight is 254 g/mol. The summed E-state index contributed by atoms with van der Waals surface area (Å²) in [6.45, 7) is 0. The minimum absolute atomic E-state index is 0.125. The zero-order valence-corrected chi connectivity index (χ0v) is 10.9. The Morgan fingerprint density at radius 1 is 1.26 bits per heavy atom. The number of H-pyrrole nitrogens is 1. The van der Waals surface area contributed by atoms with E-state index in [1.54, 1.807) is 0 Å². The van der Waals surface area contributed by atoms with Crippen LogP contribution in [0.2, 0.25) is 0 Å². The molecule has 19 heavy (non-hydrogen) atoms. The minimum atomic E-state index is -0.199. The van der Waals surface area contributed by atoms with Crippen molar-refractivity contribution in [2.75, 3.05) is 0 Å². The van der Waals surface area contributed by atoms with Crippen LogP contribution in [0.15, 0.2) is 18.2 Å². The number of hydrogen-bond donors (Lipinski definition) is 2. The molecule has 0 spiro atoms. The lowest BCUT2D eigenvalue weighted by Crippen LogP contribution is -2.24. The van der Waals surface area contributed by atoms with E-state index in [1.165, 1.54) is 29.4 Å². The predicted molar refractivity (Wildman–Crippen MR) is 75.1 cm³/mol. The monoisotopic (exact) mass is 254 g/mol. The first kappa shape index (κ1) is 11.1. The lowest BCUT2D eigenvalue weighted by molar-refractivity contribution is -0.119. The van der Waals surface area contributed by atoms with Crippen LogP contribution in [-0.4, -0.2) is 10.9 Å². The fraction of sp³-hybridized carbons (Fsp3) is 0.438. The van der Waals surface area contributed by atoms with E-state index in [0.29, 0.717) is 0 Å². The number of fused-ring (bicyclic) bond motifs is 3. The molecule has 0 aliphatic heterocycles. The Labute approximate surface area is 112 Å². The maximum atomic E-state index is 11.6. The Morgan fingerprint density at radius 2 is 2.11 bits per heavy atom. The van der Waals surface area contributed by atoms with Gasteiger partial charge in [-0.15, -0.1) is 0 Å². The van der Waals surface area contributed by atoms with Crippen molar-refractivity contribution < 1.29 is 4.79 Å². The van der Waals surface area contributed by atoms with Crippen LogP contribution in [0.4, 0.5) is 0 Å². The summed E-state index contributed by atoms with van der Waals surface area (Å²) in [4.78, 5) is 15.0. The van der Waals surface area contributed by atoms with Gasteiger partial charge in [-0.1, -0.05) is 6.07 Å². The number of hydrogen-bond acceptors (Lipinski definition) is 1. The highest BCUT2D eigenvalue weighted by atomic mass is 16.1. The topological polar surface area (TPSA) is 58.9 Å². The van der Waals surface area contributed by atoms with E-state index in [9.17, 15) is 4.79 Å². The molecule has 1 amide bonds. The Morgan fingerprint density at radius 3 is 2.84 bits per heavy atom. The van der Waals surface area contributed by atoms with Gasteiger partial charge in [0.05, 0.1) is 5.92 Å². The summed E-state index contributed by atoms with van der Waals surface area (Å²) in [7, 11) is 0. The van der Waals surface area contributed by atoms with Crippen molar-refractivity contribution >= 4 is 16.8 Å². The summed E-state index contributed by atoms with van der Waals surface area (Å²) in [5, 5.41) is 1.31. The third-order valence-electron chi connectivity index (χ3n) is 4.62. The molecule has 1 aromatic carbocycles. The third kappa shape index (κ3) is 1.68. The Kier molecular flexibility index (Phi) is 2.25. The maximum Gasteiger partial charge on any atom is 0.226 e. The van der Waals surface area contributed by atoms with Crippen molar-refractivity contribution in [1.82, 2.24) is 4.98 Å². The van der Waals surface area contributed by atoms with Crippen molar-refractivity contribution in [1.29, 1.82) is 0 Å². The quantitative estimate of drug-likeness (QED) is 0.850. The number of rotatable bonds is 2. The summed E-state index contributed by atoms with van der Waals surface area (Å²) in [5.74, 6) is 0.445. The third-order valence-corrected chi connectivity index (χ3v) is 4.62. The first-order valence-corrected chi connectivity index (χ1v) is 7.18. The van der Waals surface area contributed by atoms with Gasteiger partial charge >= 0.3 is 0 Å². The first-order chi connectivity index (χ1) is 9.24. The molecule has 1 saturated carbocycles. The summed E-state index contributed by atoms with van der Waals surface area (Å²) in [6.07, 6.45) is 5.64. The van der Waals surface area contributed by atoms with Crippen molar-refractivity contribution in [3.63, 3.8) is 0 Å². The van der Waals surface area contributed by atoms with Gasteiger partial charge in [0.25, 0.3) is 0 Å². The van der Waals surface area contributed by atoms with Crippen LogP contribution in [0.3, 0.4) is 0 Å². The van der Waals surface area contributed by atoms with Gasteiger partial charge in [0.15, 0.2) is 0 Å². The Bertz CT molecular complexity index is 667. The number of carbonyl (C=O) groups excluding carboxylic acids is 1. The number of amides is 1. The Hall–Kier alpha value is -1.77. The maximum absolute atomic E-state index is 11.6. The minimum Gasteiger partial charge on any atom is -0.369 e. The van der Waals surface area contributed by atoms with Crippen LogP contribution in [0.1, 0.15) is 54.3 Å². The van der Waals surface area contributed by atoms with Crippen LogP contribution in [0.5, 0.6) is 0 Å². The number of carbonyl (C=O) groups is 1. The largest absolute Gasteiger partial charge is 0.369 e. The molecule has 0 unspecified atom stereocenters. The van der Waals surface area contributed by atoms with Crippen molar-refractivity contribution in [3.8, 4) is 0 Å². The van der Waals surface area contributed by atoms with E-state index >= 15 is 0 Å². The average Bonchev–Trinajstić information content (AvgIpc) is 3.19. The molecule has 2 aliphatic rings. The first-order valence-electron chi connectivity index (χ1n) is 7.18. The zero-order chi connectivity index (χ0) is 13.0. The molecule has 1 fully saturated rings. The van der Waals surface area contributed by atoms with Gasteiger partial charge in [-0.3, -0.25) is 4.79 Å². The van der Waals surface area contributed by atoms with E-state index < -0.39 is 0 Å². The smallest absolute Gasteiger partial charge is 0.226 e. The number of nitrogens with two attached hydrogens (primary N) is 1. The molecule has 2 aromatic rings. The fourth-order valence-corrected chi connectivity index (χ4v) is 3.44. The summed E-state index contributed by atoms with van der Waals surface area (Å²) >= 11 is 0. The molecule has 98 valence electrons. The highest BCUT2D eigenvalue weighted by molar-refractivity contribution is 5.90. The van der Waals surface area contributed by atoms with E-state index in [-0.39, 0.29) is 11.8 Å². The molecule has 4 rings (SSSR count). The van der Waals surface area contributed by atoms with Crippen molar-refractivity contribution in [3.05, 3.63) is 35.0 Å². The second kappa shape index (κ2) is 3.86. The standard InChI is InChI=1S/C16H18N2O/c17-16(19)12-3-1-2-11-13-8-10(9-4-5-9)6-7-14(13)18-15(11)12/h6-9,12,18H,1-5H2,(H2,17,19)/t12-/m1/s1. The molecular weight excluding hydrogens is 236 g/mol. The van der Waals surface area contributed by atoms with E-state index in [2.05, 4.69) is 23.2 Å². The van der Waals surface area contributed by atoms with E-state index in [4.69, 9.17) is 5.73 Å². The summed E-state index contributed by atoms with van der Waals surface area (Å²) < 4.78 is 0.